The van der Waals surface area contributed by atoms with E-state index in [1.165, 1.54) is 0 Å². The maximum atomic E-state index is 11.8. The maximum Gasteiger partial charge on any atom is 0.154 e. The second kappa shape index (κ2) is 7.15. The maximum absolute atomic E-state index is 11.8. The zero-order chi connectivity index (χ0) is 14.3. The summed E-state index contributed by atoms with van der Waals surface area (Å²) in [6.07, 6.45) is 0.386. The van der Waals surface area contributed by atoms with Crippen LogP contribution in [0, 0.1) is 11.3 Å². The predicted octanol–water partition coefficient (Wildman–Crippen LogP) is 2.23. The zero-order valence-corrected chi connectivity index (χ0v) is 12.2. The van der Waals surface area contributed by atoms with Gasteiger partial charge in [-0.25, -0.2) is 8.42 Å². The molecule has 104 valence electrons. The first kappa shape index (κ1) is 15.5. The number of hydrogen-bond donors (Lipinski definition) is 0. The van der Waals surface area contributed by atoms with Crippen molar-refractivity contribution in [3.8, 4) is 6.07 Å². The highest BCUT2D eigenvalue weighted by molar-refractivity contribution is 7.92. The fourth-order valence-corrected chi connectivity index (χ4v) is 2.61. The molecule has 4 nitrogen and oxygen atoms in total. The molecule has 1 rings (SSSR count). The Morgan fingerprint density at radius 2 is 1.84 bits per heavy atom. The third-order valence-electron chi connectivity index (χ3n) is 2.98. The lowest BCUT2D eigenvalue weighted by atomic mass is 10.2. The van der Waals surface area contributed by atoms with Crippen molar-refractivity contribution in [1.29, 1.82) is 5.26 Å². The van der Waals surface area contributed by atoms with E-state index >= 15 is 0 Å². The van der Waals surface area contributed by atoms with Crippen LogP contribution in [0.3, 0.4) is 0 Å². The molecule has 0 atom stereocenters. The van der Waals surface area contributed by atoms with Gasteiger partial charge in [0.15, 0.2) is 9.84 Å². The minimum Gasteiger partial charge on any atom is -0.369 e. The number of nitriles is 1. The topological polar surface area (TPSA) is 61.2 Å². The van der Waals surface area contributed by atoms with Gasteiger partial charge in [0.2, 0.25) is 0 Å². The summed E-state index contributed by atoms with van der Waals surface area (Å²) < 4.78 is 23.7. The van der Waals surface area contributed by atoms with Crippen LogP contribution in [0.4, 0.5) is 5.69 Å². The number of nitrogens with zero attached hydrogens (tertiary/aromatic N) is 2. The van der Waals surface area contributed by atoms with Crippen molar-refractivity contribution >= 4 is 15.5 Å². The van der Waals surface area contributed by atoms with Crippen molar-refractivity contribution in [2.75, 3.05) is 23.7 Å². The minimum absolute atomic E-state index is 0.116. The Bertz CT molecular complexity index is 518. The normalized spacial score (nSPS) is 11.3. The molecule has 0 saturated heterocycles. The van der Waals surface area contributed by atoms with Crippen LogP contribution < -0.4 is 4.90 Å². The molecule has 1 aromatic carbocycles. The van der Waals surface area contributed by atoms with E-state index in [1.54, 1.807) is 13.8 Å². The van der Waals surface area contributed by atoms with E-state index in [2.05, 4.69) is 6.07 Å². The van der Waals surface area contributed by atoms with E-state index in [0.717, 1.165) is 5.69 Å². The predicted molar refractivity (Wildman–Crippen MR) is 77.8 cm³/mol. The van der Waals surface area contributed by atoms with Gasteiger partial charge in [0, 0.05) is 18.8 Å². The van der Waals surface area contributed by atoms with Crippen molar-refractivity contribution in [3.63, 3.8) is 0 Å². The monoisotopic (exact) mass is 280 g/mol. The van der Waals surface area contributed by atoms with Crippen LogP contribution in [0.15, 0.2) is 30.3 Å². The number of rotatable bonds is 7. The Labute approximate surface area is 115 Å². The van der Waals surface area contributed by atoms with Crippen LogP contribution in [-0.2, 0) is 9.84 Å². The highest BCUT2D eigenvalue weighted by Gasteiger charge is 2.17. The molecular formula is C14H20N2O2S. The molecule has 0 bridgehead atoms. The molecule has 0 radical (unpaired) electrons. The first-order chi connectivity index (χ1) is 8.97. The molecule has 0 heterocycles. The van der Waals surface area contributed by atoms with Crippen LogP contribution in [0.2, 0.25) is 0 Å². The van der Waals surface area contributed by atoms with Crippen LogP contribution >= 0.6 is 0 Å². The van der Waals surface area contributed by atoms with Gasteiger partial charge in [-0.2, -0.15) is 5.26 Å². The van der Waals surface area contributed by atoms with Crippen LogP contribution in [0.5, 0.6) is 0 Å². The lowest BCUT2D eigenvalue weighted by Crippen LogP contribution is -2.32. The van der Waals surface area contributed by atoms with E-state index in [1.807, 2.05) is 35.2 Å². The molecule has 19 heavy (non-hydrogen) atoms. The van der Waals surface area contributed by atoms with E-state index < -0.39 is 9.84 Å². The molecule has 0 aliphatic heterocycles. The third kappa shape index (κ3) is 4.92. The standard InChI is InChI=1S/C14H20N2O2S/c1-13(2)19(17,18)12-11-16(10-6-9-15)14-7-4-3-5-8-14/h3-5,7-8,13H,6,10-12H2,1-2H3. The molecule has 0 N–H and O–H groups in total. The van der Waals surface area contributed by atoms with Crippen molar-refractivity contribution < 1.29 is 8.42 Å². The van der Waals surface area contributed by atoms with E-state index in [0.29, 0.717) is 19.5 Å². The molecule has 0 spiro atoms. The lowest BCUT2D eigenvalue weighted by Gasteiger charge is -2.24. The van der Waals surface area contributed by atoms with Crippen molar-refractivity contribution in [2.24, 2.45) is 0 Å². The largest absolute Gasteiger partial charge is 0.369 e. The average Bonchev–Trinajstić information content (AvgIpc) is 2.39. The van der Waals surface area contributed by atoms with Gasteiger partial charge in [0.05, 0.1) is 23.5 Å². The summed E-state index contributed by atoms with van der Waals surface area (Å²) >= 11 is 0. The minimum atomic E-state index is -3.05. The van der Waals surface area contributed by atoms with Crippen LogP contribution in [0.1, 0.15) is 20.3 Å². The molecule has 0 aliphatic carbocycles. The number of hydrogen-bond acceptors (Lipinski definition) is 4. The fraction of sp³-hybridized carbons (Fsp3) is 0.500. The molecule has 0 fully saturated rings. The Balaban J connectivity index is 2.75. The number of benzene rings is 1. The first-order valence-electron chi connectivity index (χ1n) is 6.36. The Morgan fingerprint density at radius 3 is 2.37 bits per heavy atom. The molecule has 0 aromatic heterocycles. The Kier molecular flexibility index (Phi) is 5.84. The van der Waals surface area contributed by atoms with Gasteiger partial charge in [0.1, 0.15) is 0 Å². The summed E-state index contributed by atoms with van der Waals surface area (Å²) in [6, 6.07) is 11.7. The Hall–Kier alpha value is -1.54. The summed E-state index contributed by atoms with van der Waals surface area (Å²) in [5.74, 6) is 0.116. The fourth-order valence-electron chi connectivity index (χ4n) is 1.67. The van der Waals surface area contributed by atoms with E-state index in [9.17, 15) is 8.42 Å². The van der Waals surface area contributed by atoms with Gasteiger partial charge >= 0.3 is 0 Å². The number of anilines is 1. The highest BCUT2D eigenvalue weighted by atomic mass is 32.2. The number of para-hydroxylation sites is 1. The summed E-state index contributed by atoms with van der Waals surface area (Å²) in [5.41, 5.74) is 0.955. The lowest BCUT2D eigenvalue weighted by molar-refractivity contribution is 0.585. The SMILES string of the molecule is CC(C)S(=O)(=O)CCN(CCC#N)c1ccccc1. The van der Waals surface area contributed by atoms with E-state index in [4.69, 9.17) is 5.26 Å². The van der Waals surface area contributed by atoms with E-state index in [-0.39, 0.29) is 11.0 Å². The molecule has 0 saturated carbocycles. The van der Waals surface area contributed by atoms with Gasteiger partial charge < -0.3 is 4.90 Å². The molecule has 0 unspecified atom stereocenters. The average molecular weight is 280 g/mol. The van der Waals surface area contributed by atoms with Gasteiger partial charge in [-0.3, -0.25) is 0 Å². The summed E-state index contributed by atoms with van der Waals surface area (Å²) in [6.45, 7) is 4.36. The molecule has 0 aliphatic rings. The molecule has 5 heteroatoms. The second-order valence-corrected chi connectivity index (χ2v) is 7.32. The molecular weight excluding hydrogens is 260 g/mol. The number of sulfone groups is 1. The second-order valence-electron chi connectivity index (χ2n) is 4.65. The van der Waals surface area contributed by atoms with Crippen molar-refractivity contribution in [1.82, 2.24) is 0 Å². The van der Waals surface area contributed by atoms with Crippen LogP contribution in [0.25, 0.3) is 0 Å². The quantitative estimate of drug-likeness (QED) is 0.768. The van der Waals surface area contributed by atoms with Crippen molar-refractivity contribution in [2.45, 2.75) is 25.5 Å². The molecule has 1 aromatic rings. The van der Waals surface area contributed by atoms with Crippen molar-refractivity contribution in [3.05, 3.63) is 30.3 Å². The smallest absolute Gasteiger partial charge is 0.154 e. The Morgan fingerprint density at radius 1 is 1.21 bits per heavy atom. The zero-order valence-electron chi connectivity index (χ0n) is 11.4. The summed E-state index contributed by atoms with van der Waals surface area (Å²) in [7, 11) is -3.05. The first-order valence-corrected chi connectivity index (χ1v) is 8.07. The van der Waals surface area contributed by atoms with Gasteiger partial charge in [-0.05, 0) is 26.0 Å². The summed E-state index contributed by atoms with van der Waals surface area (Å²) in [4.78, 5) is 1.95. The van der Waals surface area contributed by atoms with Gasteiger partial charge in [0.25, 0.3) is 0 Å². The third-order valence-corrected chi connectivity index (χ3v) is 5.17. The highest BCUT2D eigenvalue weighted by Crippen LogP contribution is 2.14. The van der Waals surface area contributed by atoms with Crippen LogP contribution in [-0.4, -0.2) is 32.5 Å². The van der Waals surface area contributed by atoms with Gasteiger partial charge in [-0.15, -0.1) is 0 Å². The molecule has 0 amide bonds. The summed E-state index contributed by atoms with van der Waals surface area (Å²) in [5, 5.41) is 8.32. The van der Waals surface area contributed by atoms with Gasteiger partial charge in [-0.1, -0.05) is 18.2 Å².